The zero-order valence-electron chi connectivity index (χ0n) is 18.2. The van der Waals surface area contributed by atoms with Gasteiger partial charge in [-0.05, 0) is 42.2 Å². The van der Waals surface area contributed by atoms with Crippen LogP contribution in [0.25, 0.3) is 11.1 Å². The maximum atomic E-state index is 13.0. The van der Waals surface area contributed by atoms with Gasteiger partial charge in [0, 0.05) is 26.2 Å². The number of fused-ring (bicyclic) bond motifs is 1. The summed E-state index contributed by atoms with van der Waals surface area (Å²) in [5, 5.41) is 0. The molecule has 9 heteroatoms. The second-order valence-electron chi connectivity index (χ2n) is 8.09. The molecule has 1 unspecified atom stereocenters. The number of rotatable bonds is 6. The van der Waals surface area contributed by atoms with Crippen LogP contribution in [0.5, 0.6) is 0 Å². The number of carbonyl (C=O) groups is 1. The van der Waals surface area contributed by atoms with E-state index < -0.39 is 15.8 Å². The van der Waals surface area contributed by atoms with Gasteiger partial charge in [0.2, 0.25) is 15.9 Å². The summed E-state index contributed by atoms with van der Waals surface area (Å²) in [5.41, 5.74) is 2.11. The van der Waals surface area contributed by atoms with Crippen molar-refractivity contribution in [2.75, 3.05) is 26.2 Å². The lowest BCUT2D eigenvalue weighted by molar-refractivity contribution is -0.133. The van der Waals surface area contributed by atoms with Crippen molar-refractivity contribution in [3.63, 3.8) is 0 Å². The molecule has 1 aromatic heterocycles. The van der Waals surface area contributed by atoms with E-state index in [1.165, 1.54) is 8.87 Å². The van der Waals surface area contributed by atoms with Gasteiger partial charge < -0.3 is 9.32 Å². The van der Waals surface area contributed by atoms with Gasteiger partial charge in [-0.3, -0.25) is 9.36 Å². The van der Waals surface area contributed by atoms with Crippen LogP contribution in [0.15, 0.2) is 62.6 Å². The standard InChI is InChI=1S/C23H27N3O5S/c1-3-17(2)18-8-10-19(11-9-18)32(29,30)25-14-12-24(13-15-25)22(27)16-26-20-6-4-5-7-21(20)31-23(26)28/h4-11,17H,3,12-16H2,1-2H3. The number of piperazine rings is 1. The van der Waals surface area contributed by atoms with Crippen LogP contribution in [0.1, 0.15) is 31.7 Å². The Kier molecular flexibility index (Phi) is 6.21. The number of para-hydroxylation sites is 2. The molecule has 0 spiro atoms. The Labute approximate surface area is 187 Å². The maximum Gasteiger partial charge on any atom is 0.420 e. The van der Waals surface area contributed by atoms with Gasteiger partial charge in [-0.2, -0.15) is 4.31 Å². The van der Waals surface area contributed by atoms with Gasteiger partial charge in [-0.15, -0.1) is 0 Å². The van der Waals surface area contributed by atoms with E-state index in [0.717, 1.165) is 12.0 Å². The first-order chi connectivity index (χ1) is 15.3. The molecule has 3 aromatic rings. The van der Waals surface area contributed by atoms with E-state index in [0.29, 0.717) is 17.0 Å². The first kappa shape index (κ1) is 22.3. The largest absolute Gasteiger partial charge is 0.420 e. The first-order valence-corrected chi connectivity index (χ1v) is 12.2. The summed E-state index contributed by atoms with van der Waals surface area (Å²) < 4.78 is 33.9. The highest BCUT2D eigenvalue weighted by Crippen LogP contribution is 2.23. The van der Waals surface area contributed by atoms with Crippen molar-refractivity contribution in [2.24, 2.45) is 0 Å². The molecule has 1 fully saturated rings. The molecule has 0 bridgehead atoms. The maximum absolute atomic E-state index is 13.0. The van der Waals surface area contributed by atoms with Crippen molar-refractivity contribution >= 4 is 27.0 Å². The lowest BCUT2D eigenvalue weighted by Gasteiger charge is -2.34. The Balaban J connectivity index is 1.41. The second kappa shape index (κ2) is 8.91. The molecule has 0 aliphatic carbocycles. The zero-order valence-corrected chi connectivity index (χ0v) is 19.0. The van der Waals surface area contributed by atoms with E-state index in [9.17, 15) is 18.0 Å². The third-order valence-electron chi connectivity index (χ3n) is 6.16. The van der Waals surface area contributed by atoms with E-state index in [4.69, 9.17) is 4.42 Å². The Bertz CT molecular complexity index is 1270. The summed E-state index contributed by atoms with van der Waals surface area (Å²) in [7, 11) is -3.62. The smallest absolute Gasteiger partial charge is 0.408 e. The number of hydrogen-bond donors (Lipinski definition) is 0. The number of sulfonamides is 1. The van der Waals surface area contributed by atoms with Crippen molar-refractivity contribution in [3.05, 3.63) is 64.6 Å². The molecule has 0 saturated carbocycles. The fourth-order valence-corrected chi connectivity index (χ4v) is 5.35. The second-order valence-corrected chi connectivity index (χ2v) is 10.0. The summed E-state index contributed by atoms with van der Waals surface area (Å²) in [4.78, 5) is 26.7. The molecular weight excluding hydrogens is 430 g/mol. The Morgan fingerprint density at radius 3 is 2.34 bits per heavy atom. The molecule has 32 heavy (non-hydrogen) atoms. The Hall–Kier alpha value is -2.91. The minimum Gasteiger partial charge on any atom is -0.408 e. The lowest BCUT2D eigenvalue weighted by Crippen LogP contribution is -2.51. The van der Waals surface area contributed by atoms with E-state index in [-0.39, 0.29) is 43.5 Å². The summed E-state index contributed by atoms with van der Waals surface area (Å²) in [5.74, 6) is -0.448. The number of nitrogens with zero attached hydrogens (tertiary/aromatic N) is 3. The molecular formula is C23H27N3O5S. The minimum absolute atomic E-state index is 0.139. The van der Waals surface area contributed by atoms with Crippen LogP contribution in [0, 0.1) is 0 Å². The van der Waals surface area contributed by atoms with Crippen LogP contribution in [-0.4, -0.2) is 54.3 Å². The number of aromatic nitrogens is 1. The van der Waals surface area contributed by atoms with Gasteiger partial charge in [0.15, 0.2) is 5.58 Å². The normalized spacial score (nSPS) is 16.4. The van der Waals surface area contributed by atoms with Crippen molar-refractivity contribution in [1.29, 1.82) is 0 Å². The molecule has 2 heterocycles. The Morgan fingerprint density at radius 1 is 1.03 bits per heavy atom. The quantitative estimate of drug-likeness (QED) is 0.567. The predicted molar refractivity (Wildman–Crippen MR) is 121 cm³/mol. The minimum atomic E-state index is -3.62. The van der Waals surface area contributed by atoms with Crippen molar-refractivity contribution in [3.8, 4) is 0 Å². The van der Waals surface area contributed by atoms with Crippen LogP contribution in [0.3, 0.4) is 0 Å². The van der Waals surface area contributed by atoms with E-state index >= 15 is 0 Å². The summed E-state index contributed by atoms with van der Waals surface area (Å²) >= 11 is 0. The van der Waals surface area contributed by atoms with Gasteiger partial charge in [0.25, 0.3) is 0 Å². The average Bonchev–Trinajstić information content (AvgIpc) is 3.13. The highest BCUT2D eigenvalue weighted by atomic mass is 32.2. The SMILES string of the molecule is CCC(C)c1ccc(S(=O)(=O)N2CCN(C(=O)Cn3c(=O)oc4ccccc43)CC2)cc1. The van der Waals surface area contributed by atoms with Crippen molar-refractivity contribution < 1.29 is 17.6 Å². The van der Waals surface area contributed by atoms with Crippen LogP contribution in [0.4, 0.5) is 0 Å². The third kappa shape index (κ3) is 4.22. The van der Waals surface area contributed by atoms with Crippen LogP contribution in [-0.2, 0) is 21.4 Å². The first-order valence-electron chi connectivity index (χ1n) is 10.8. The number of amides is 1. The third-order valence-corrected chi connectivity index (χ3v) is 8.07. The van der Waals surface area contributed by atoms with Crippen molar-refractivity contribution in [1.82, 2.24) is 13.8 Å². The molecule has 0 N–H and O–H groups in total. The number of hydrogen-bond acceptors (Lipinski definition) is 5. The summed E-state index contributed by atoms with van der Waals surface area (Å²) in [6.07, 6.45) is 0.989. The van der Waals surface area contributed by atoms with Crippen LogP contribution >= 0.6 is 0 Å². The number of oxazole rings is 1. The van der Waals surface area contributed by atoms with E-state index in [1.54, 1.807) is 41.3 Å². The fourth-order valence-electron chi connectivity index (χ4n) is 3.93. The van der Waals surface area contributed by atoms with Gasteiger partial charge in [-0.25, -0.2) is 13.2 Å². The molecule has 1 saturated heterocycles. The average molecular weight is 458 g/mol. The molecule has 1 amide bonds. The number of benzene rings is 2. The van der Waals surface area contributed by atoms with Gasteiger partial charge in [-0.1, -0.05) is 38.1 Å². The molecule has 8 nitrogen and oxygen atoms in total. The number of carbonyl (C=O) groups excluding carboxylic acids is 1. The predicted octanol–water partition coefficient (Wildman–Crippen LogP) is 2.64. The lowest BCUT2D eigenvalue weighted by atomic mass is 9.99. The molecule has 1 aliphatic rings. The van der Waals surface area contributed by atoms with E-state index in [1.807, 2.05) is 12.1 Å². The zero-order chi connectivity index (χ0) is 22.9. The molecule has 1 atom stereocenters. The topological polar surface area (TPSA) is 92.8 Å². The summed E-state index contributed by atoms with van der Waals surface area (Å²) in [6.45, 7) is 5.03. The van der Waals surface area contributed by atoms with E-state index in [2.05, 4.69) is 13.8 Å². The monoisotopic (exact) mass is 457 g/mol. The van der Waals surface area contributed by atoms with Gasteiger partial charge >= 0.3 is 5.76 Å². The highest BCUT2D eigenvalue weighted by molar-refractivity contribution is 7.89. The highest BCUT2D eigenvalue weighted by Gasteiger charge is 2.30. The molecule has 0 radical (unpaired) electrons. The van der Waals surface area contributed by atoms with Gasteiger partial charge in [0.1, 0.15) is 6.54 Å². The van der Waals surface area contributed by atoms with Crippen molar-refractivity contribution in [2.45, 2.75) is 37.6 Å². The van der Waals surface area contributed by atoms with Crippen LogP contribution < -0.4 is 5.76 Å². The molecule has 2 aromatic carbocycles. The molecule has 1 aliphatic heterocycles. The molecule has 4 rings (SSSR count). The molecule has 170 valence electrons. The van der Waals surface area contributed by atoms with Gasteiger partial charge in [0.05, 0.1) is 10.4 Å². The van der Waals surface area contributed by atoms with Crippen LogP contribution in [0.2, 0.25) is 0 Å². The Morgan fingerprint density at radius 2 is 1.69 bits per heavy atom. The summed E-state index contributed by atoms with van der Waals surface area (Å²) in [6, 6.07) is 14.0. The fraction of sp³-hybridized carbons (Fsp3) is 0.391.